The minimum Gasteiger partial charge on any atom is -0.354 e. The van der Waals surface area contributed by atoms with E-state index in [1.165, 1.54) is 18.4 Å². The summed E-state index contributed by atoms with van der Waals surface area (Å²) in [5.41, 5.74) is 0. The first-order chi connectivity index (χ1) is 8.33. The Morgan fingerprint density at radius 3 is 2.67 bits per heavy atom. The third-order valence-electron chi connectivity index (χ3n) is 3.20. The molecule has 0 aromatic rings. The third-order valence-corrected chi connectivity index (χ3v) is 5.03. The maximum absolute atomic E-state index is 11.8. The van der Waals surface area contributed by atoms with Crippen molar-refractivity contribution in [2.24, 2.45) is 5.92 Å². The quantitative estimate of drug-likeness (QED) is 0.702. The van der Waals surface area contributed by atoms with E-state index in [0.29, 0.717) is 5.92 Å². The first-order valence-corrected chi connectivity index (χ1v) is 7.85. The summed E-state index contributed by atoms with van der Waals surface area (Å²) in [6.07, 6.45) is 1.89. The fourth-order valence-corrected chi connectivity index (χ4v) is 2.64. The van der Waals surface area contributed by atoms with Gasteiger partial charge in [0.05, 0.1) is 11.8 Å². The number of nitrogens with one attached hydrogen (secondary N) is 2. The second-order valence-corrected chi connectivity index (χ2v) is 7.33. The first-order valence-electron chi connectivity index (χ1n) is 6.24. The van der Waals surface area contributed by atoms with Crippen LogP contribution in [0, 0.1) is 5.92 Å². The zero-order chi connectivity index (χ0) is 13.8. The predicted molar refractivity (Wildman–Crippen MR) is 70.7 cm³/mol. The molecule has 0 aromatic carbocycles. The van der Waals surface area contributed by atoms with Gasteiger partial charge in [0, 0.05) is 20.6 Å². The van der Waals surface area contributed by atoms with Crippen LogP contribution in [0.15, 0.2) is 0 Å². The number of hydrogen-bond donors (Lipinski definition) is 2. The summed E-state index contributed by atoms with van der Waals surface area (Å²) in [5, 5.41) is 5.82. The number of piperidine rings is 1. The fraction of sp³-hybridized carbons (Fsp3) is 0.909. The molecule has 1 fully saturated rings. The summed E-state index contributed by atoms with van der Waals surface area (Å²) in [5.74, 6) is 0.372. The largest absolute Gasteiger partial charge is 0.354 e. The Morgan fingerprint density at radius 2 is 2.11 bits per heavy atom. The van der Waals surface area contributed by atoms with E-state index in [1.807, 2.05) is 0 Å². The molecule has 106 valence electrons. The minimum absolute atomic E-state index is 0.0615. The summed E-state index contributed by atoms with van der Waals surface area (Å²) < 4.78 is 24.2. The maximum Gasteiger partial charge on any atom is 0.237 e. The molecule has 0 spiro atoms. The molecule has 2 atom stereocenters. The van der Waals surface area contributed by atoms with Crippen LogP contribution in [0.25, 0.3) is 0 Å². The highest BCUT2D eigenvalue weighted by atomic mass is 32.2. The zero-order valence-corrected chi connectivity index (χ0v) is 12.1. The molecule has 1 heterocycles. The molecular formula is C11H23N3O3S. The Labute approximate surface area is 109 Å². The van der Waals surface area contributed by atoms with Gasteiger partial charge in [0.1, 0.15) is 0 Å². The van der Waals surface area contributed by atoms with E-state index >= 15 is 0 Å². The number of rotatable bonds is 5. The molecular weight excluding hydrogens is 254 g/mol. The number of nitrogens with zero attached hydrogens (tertiary/aromatic N) is 1. The highest BCUT2D eigenvalue weighted by Crippen LogP contribution is 2.14. The van der Waals surface area contributed by atoms with Gasteiger partial charge in [-0.1, -0.05) is 6.92 Å². The molecule has 1 rings (SSSR count). The SMILES string of the molecule is CC1CCNC(C(=O)NCCS(=O)(=O)N(C)C)C1. The fourth-order valence-electron chi connectivity index (χ4n) is 1.92. The Morgan fingerprint density at radius 1 is 1.44 bits per heavy atom. The highest BCUT2D eigenvalue weighted by Gasteiger charge is 2.24. The van der Waals surface area contributed by atoms with Crippen molar-refractivity contribution in [3.63, 3.8) is 0 Å². The lowest BCUT2D eigenvalue weighted by Crippen LogP contribution is -2.49. The van der Waals surface area contributed by atoms with Gasteiger partial charge in [0.25, 0.3) is 0 Å². The monoisotopic (exact) mass is 277 g/mol. The van der Waals surface area contributed by atoms with Gasteiger partial charge in [-0.3, -0.25) is 4.79 Å². The lowest BCUT2D eigenvalue weighted by molar-refractivity contribution is -0.123. The Balaban J connectivity index is 2.33. The molecule has 0 saturated carbocycles. The van der Waals surface area contributed by atoms with E-state index in [2.05, 4.69) is 17.6 Å². The molecule has 0 aromatic heterocycles. The van der Waals surface area contributed by atoms with Crippen LogP contribution in [0.2, 0.25) is 0 Å². The predicted octanol–water partition coefficient (Wildman–Crippen LogP) is -0.618. The molecule has 1 amide bonds. The van der Waals surface area contributed by atoms with Crippen molar-refractivity contribution in [1.82, 2.24) is 14.9 Å². The van der Waals surface area contributed by atoms with Gasteiger partial charge >= 0.3 is 0 Å². The molecule has 1 saturated heterocycles. The Kier molecular flexibility index (Phi) is 5.55. The number of carbonyl (C=O) groups is 1. The van der Waals surface area contributed by atoms with Gasteiger partial charge < -0.3 is 10.6 Å². The van der Waals surface area contributed by atoms with Crippen molar-refractivity contribution in [2.75, 3.05) is 32.9 Å². The Hall–Kier alpha value is -0.660. The molecule has 1 aliphatic heterocycles. The van der Waals surface area contributed by atoms with Crippen LogP contribution >= 0.6 is 0 Å². The summed E-state index contributed by atoms with van der Waals surface area (Å²) in [6.45, 7) is 3.12. The topological polar surface area (TPSA) is 78.5 Å². The van der Waals surface area contributed by atoms with Crippen LogP contribution < -0.4 is 10.6 Å². The minimum atomic E-state index is -3.24. The molecule has 0 bridgehead atoms. The van der Waals surface area contributed by atoms with Gasteiger partial charge in [-0.2, -0.15) is 0 Å². The molecule has 2 unspecified atom stereocenters. The van der Waals surface area contributed by atoms with Gasteiger partial charge in [-0.25, -0.2) is 12.7 Å². The van der Waals surface area contributed by atoms with Crippen LogP contribution in [0.4, 0.5) is 0 Å². The van der Waals surface area contributed by atoms with Crippen molar-refractivity contribution in [1.29, 1.82) is 0 Å². The van der Waals surface area contributed by atoms with Gasteiger partial charge in [-0.15, -0.1) is 0 Å². The smallest absolute Gasteiger partial charge is 0.237 e. The van der Waals surface area contributed by atoms with Crippen molar-refractivity contribution in [3.8, 4) is 0 Å². The summed E-state index contributed by atoms with van der Waals surface area (Å²) >= 11 is 0. The number of hydrogen-bond acceptors (Lipinski definition) is 4. The van der Waals surface area contributed by atoms with Gasteiger partial charge in [-0.05, 0) is 25.3 Å². The van der Waals surface area contributed by atoms with E-state index in [0.717, 1.165) is 19.4 Å². The standard InChI is InChI=1S/C11H23N3O3S/c1-9-4-5-12-10(8-9)11(15)13-6-7-18(16,17)14(2)3/h9-10,12H,4-8H2,1-3H3,(H,13,15). The van der Waals surface area contributed by atoms with Crippen LogP contribution in [0.5, 0.6) is 0 Å². The zero-order valence-electron chi connectivity index (χ0n) is 11.3. The molecule has 2 N–H and O–H groups in total. The molecule has 0 aliphatic carbocycles. The summed E-state index contributed by atoms with van der Waals surface area (Å²) in [6, 6.07) is -0.184. The van der Waals surface area contributed by atoms with Crippen LogP contribution in [-0.2, 0) is 14.8 Å². The Bertz CT molecular complexity index is 381. The van der Waals surface area contributed by atoms with Crippen LogP contribution in [0.3, 0.4) is 0 Å². The molecule has 0 radical (unpaired) electrons. The second-order valence-electron chi connectivity index (χ2n) is 5.03. The van der Waals surface area contributed by atoms with Crippen LogP contribution in [0.1, 0.15) is 19.8 Å². The van der Waals surface area contributed by atoms with Gasteiger partial charge in [0.2, 0.25) is 15.9 Å². The van der Waals surface area contributed by atoms with Crippen LogP contribution in [-0.4, -0.2) is 57.6 Å². The van der Waals surface area contributed by atoms with Crippen molar-refractivity contribution in [2.45, 2.75) is 25.8 Å². The van der Waals surface area contributed by atoms with Crippen molar-refractivity contribution >= 4 is 15.9 Å². The molecule has 7 heteroatoms. The molecule has 6 nitrogen and oxygen atoms in total. The lowest BCUT2D eigenvalue weighted by Gasteiger charge is -2.27. The van der Waals surface area contributed by atoms with Gasteiger partial charge in [0.15, 0.2) is 0 Å². The van der Waals surface area contributed by atoms with E-state index in [-0.39, 0.29) is 24.2 Å². The molecule has 18 heavy (non-hydrogen) atoms. The second kappa shape index (κ2) is 6.49. The highest BCUT2D eigenvalue weighted by molar-refractivity contribution is 7.89. The lowest BCUT2D eigenvalue weighted by atomic mass is 9.94. The van der Waals surface area contributed by atoms with E-state index in [9.17, 15) is 13.2 Å². The van der Waals surface area contributed by atoms with E-state index in [4.69, 9.17) is 0 Å². The summed E-state index contributed by atoms with van der Waals surface area (Å²) in [7, 11) is -0.262. The number of sulfonamides is 1. The van der Waals surface area contributed by atoms with E-state index < -0.39 is 10.0 Å². The average molecular weight is 277 g/mol. The normalized spacial score (nSPS) is 25.1. The van der Waals surface area contributed by atoms with Crippen molar-refractivity contribution in [3.05, 3.63) is 0 Å². The third kappa shape index (κ3) is 4.55. The number of carbonyl (C=O) groups excluding carboxylic acids is 1. The average Bonchev–Trinajstić information content (AvgIpc) is 2.28. The van der Waals surface area contributed by atoms with E-state index in [1.54, 1.807) is 0 Å². The molecule has 1 aliphatic rings. The first kappa shape index (κ1) is 15.4. The maximum atomic E-state index is 11.8. The van der Waals surface area contributed by atoms with Crippen molar-refractivity contribution < 1.29 is 13.2 Å². The summed E-state index contributed by atoms with van der Waals surface area (Å²) in [4.78, 5) is 11.8. The number of amides is 1.